The Kier molecular flexibility index (Phi) is 4.28. The van der Waals surface area contributed by atoms with E-state index in [0.717, 1.165) is 25.9 Å². The van der Waals surface area contributed by atoms with E-state index in [4.69, 9.17) is 10.5 Å². The van der Waals surface area contributed by atoms with Gasteiger partial charge in [0.15, 0.2) is 9.84 Å². The van der Waals surface area contributed by atoms with Crippen LogP contribution in [0, 0.1) is 0 Å². The molecule has 0 spiro atoms. The van der Waals surface area contributed by atoms with Gasteiger partial charge in [-0.1, -0.05) is 6.42 Å². The summed E-state index contributed by atoms with van der Waals surface area (Å²) >= 11 is 0. The summed E-state index contributed by atoms with van der Waals surface area (Å²) in [4.78, 5) is 0. The third-order valence-electron chi connectivity index (χ3n) is 3.98. The molecular weight excluding hydrogens is 254 g/mol. The summed E-state index contributed by atoms with van der Waals surface area (Å²) in [6, 6.07) is 0. The number of hydrogen-bond donors (Lipinski definition) is 2. The number of hydrazine groups is 1. The van der Waals surface area contributed by atoms with Crippen molar-refractivity contribution in [3.05, 3.63) is 0 Å². The maximum Gasteiger partial charge on any atom is 0.152 e. The molecule has 2 fully saturated rings. The highest BCUT2D eigenvalue weighted by Crippen LogP contribution is 2.34. The second-order valence-corrected chi connectivity index (χ2v) is 7.51. The van der Waals surface area contributed by atoms with E-state index >= 15 is 0 Å². The zero-order chi connectivity index (χ0) is 13.2. The smallest absolute Gasteiger partial charge is 0.152 e. The van der Waals surface area contributed by atoms with E-state index in [0.29, 0.717) is 26.2 Å². The molecule has 1 aliphatic heterocycles. The highest BCUT2D eigenvalue weighted by atomic mass is 32.2. The molecule has 0 aromatic rings. The minimum Gasteiger partial charge on any atom is -0.379 e. The van der Waals surface area contributed by atoms with Crippen molar-refractivity contribution in [3.8, 4) is 0 Å². The molecule has 1 saturated heterocycles. The van der Waals surface area contributed by atoms with Gasteiger partial charge < -0.3 is 10.5 Å². The number of hydrogen-bond acceptors (Lipinski definition) is 6. The standard InChI is InChI=1S/C11H23N3O3S/c1-18(15,16)10-3-2-4-11(10,9-12)13-14-5-7-17-8-6-14/h10,13H,2-9,12H2,1H3. The minimum atomic E-state index is -3.07. The number of nitrogens with one attached hydrogen (secondary N) is 1. The largest absolute Gasteiger partial charge is 0.379 e. The van der Waals surface area contributed by atoms with Gasteiger partial charge >= 0.3 is 0 Å². The van der Waals surface area contributed by atoms with E-state index in [1.54, 1.807) is 0 Å². The van der Waals surface area contributed by atoms with Crippen LogP contribution in [0.3, 0.4) is 0 Å². The summed E-state index contributed by atoms with van der Waals surface area (Å²) < 4.78 is 29.1. The molecule has 1 aliphatic carbocycles. The number of nitrogens with two attached hydrogens (primary N) is 1. The SMILES string of the molecule is CS(=O)(=O)C1CCCC1(CN)NN1CCOCC1. The predicted octanol–water partition coefficient (Wildman–Crippen LogP) is -0.882. The normalized spacial score (nSPS) is 34.9. The van der Waals surface area contributed by atoms with Crippen molar-refractivity contribution in [1.82, 2.24) is 10.4 Å². The molecule has 6 nitrogen and oxygen atoms in total. The number of rotatable bonds is 4. The van der Waals surface area contributed by atoms with Crippen molar-refractivity contribution >= 4 is 9.84 Å². The van der Waals surface area contributed by atoms with Crippen LogP contribution in [0.5, 0.6) is 0 Å². The average molecular weight is 277 g/mol. The fourth-order valence-electron chi connectivity index (χ4n) is 3.06. The molecule has 1 saturated carbocycles. The molecule has 1 heterocycles. The fraction of sp³-hybridized carbons (Fsp3) is 1.00. The third-order valence-corrected chi connectivity index (χ3v) is 5.70. The second-order valence-electron chi connectivity index (χ2n) is 5.28. The average Bonchev–Trinajstić information content (AvgIpc) is 2.74. The van der Waals surface area contributed by atoms with Crippen LogP contribution in [0.25, 0.3) is 0 Å². The quantitative estimate of drug-likeness (QED) is 0.694. The summed E-state index contributed by atoms with van der Waals surface area (Å²) in [5.41, 5.74) is 8.78. The van der Waals surface area contributed by atoms with Gasteiger partial charge in [-0.3, -0.25) is 0 Å². The van der Waals surface area contributed by atoms with Crippen molar-refractivity contribution in [2.45, 2.75) is 30.1 Å². The lowest BCUT2D eigenvalue weighted by Crippen LogP contribution is -2.65. The summed E-state index contributed by atoms with van der Waals surface area (Å²) in [7, 11) is -3.07. The van der Waals surface area contributed by atoms with Gasteiger partial charge in [0.05, 0.1) is 24.0 Å². The van der Waals surface area contributed by atoms with Gasteiger partial charge in [0.1, 0.15) is 0 Å². The molecule has 2 unspecified atom stereocenters. The van der Waals surface area contributed by atoms with E-state index < -0.39 is 15.4 Å². The molecular formula is C11H23N3O3S. The van der Waals surface area contributed by atoms with Gasteiger partial charge in [0, 0.05) is 25.9 Å². The molecule has 0 radical (unpaired) electrons. The van der Waals surface area contributed by atoms with Gasteiger partial charge in [0.25, 0.3) is 0 Å². The molecule has 2 aliphatic rings. The Hall–Kier alpha value is -0.210. The van der Waals surface area contributed by atoms with Crippen LogP contribution < -0.4 is 11.2 Å². The maximum absolute atomic E-state index is 11.9. The van der Waals surface area contributed by atoms with Gasteiger partial charge in [-0.05, 0) is 12.8 Å². The lowest BCUT2D eigenvalue weighted by Gasteiger charge is -2.40. The van der Waals surface area contributed by atoms with E-state index in [1.807, 2.05) is 0 Å². The number of sulfone groups is 1. The van der Waals surface area contributed by atoms with Gasteiger partial charge in [-0.15, -0.1) is 0 Å². The van der Waals surface area contributed by atoms with Crippen LogP contribution in [0.15, 0.2) is 0 Å². The minimum absolute atomic E-state index is 0.349. The molecule has 7 heteroatoms. The zero-order valence-corrected chi connectivity index (χ0v) is 11.7. The van der Waals surface area contributed by atoms with Crippen molar-refractivity contribution < 1.29 is 13.2 Å². The monoisotopic (exact) mass is 277 g/mol. The molecule has 0 aromatic heterocycles. The first-order valence-corrected chi connectivity index (χ1v) is 8.43. The number of nitrogens with zero attached hydrogens (tertiary/aromatic N) is 1. The Labute approximate surface area is 109 Å². The number of morpholine rings is 1. The van der Waals surface area contributed by atoms with Crippen LogP contribution in [0.4, 0.5) is 0 Å². The molecule has 2 atom stereocenters. The Bertz CT molecular complexity index is 381. The molecule has 18 heavy (non-hydrogen) atoms. The third kappa shape index (κ3) is 2.85. The van der Waals surface area contributed by atoms with Crippen molar-refractivity contribution in [2.75, 3.05) is 39.1 Å². The van der Waals surface area contributed by atoms with Gasteiger partial charge in [-0.25, -0.2) is 18.9 Å². The molecule has 0 aromatic carbocycles. The van der Waals surface area contributed by atoms with Gasteiger partial charge in [-0.2, -0.15) is 0 Å². The number of ether oxygens (including phenoxy) is 1. The fourth-order valence-corrected chi connectivity index (χ4v) is 4.74. The van der Waals surface area contributed by atoms with Crippen LogP contribution in [0.2, 0.25) is 0 Å². The summed E-state index contributed by atoms with van der Waals surface area (Å²) in [5.74, 6) is 0. The highest BCUT2D eigenvalue weighted by molar-refractivity contribution is 7.91. The Morgan fingerprint density at radius 3 is 2.67 bits per heavy atom. The van der Waals surface area contributed by atoms with E-state index in [-0.39, 0.29) is 5.25 Å². The topological polar surface area (TPSA) is 84.7 Å². The van der Waals surface area contributed by atoms with Crippen LogP contribution in [0.1, 0.15) is 19.3 Å². The highest BCUT2D eigenvalue weighted by Gasteiger charge is 2.48. The zero-order valence-electron chi connectivity index (χ0n) is 10.9. The molecule has 2 rings (SSSR count). The first-order chi connectivity index (χ1) is 8.48. The van der Waals surface area contributed by atoms with Crippen LogP contribution in [-0.4, -0.2) is 63.3 Å². The first kappa shape index (κ1) is 14.2. The Morgan fingerprint density at radius 1 is 1.44 bits per heavy atom. The summed E-state index contributed by atoms with van der Waals surface area (Å²) in [6.45, 7) is 3.26. The molecule has 0 amide bonds. The lowest BCUT2D eigenvalue weighted by molar-refractivity contribution is -0.0102. The van der Waals surface area contributed by atoms with Crippen LogP contribution >= 0.6 is 0 Å². The van der Waals surface area contributed by atoms with Gasteiger partial charge in [0.2, 0.25) is 0 Å². The summed E-state index contributed by atoms with van der Waals surface area (Å²) in [6.07, 6.45) is 3.74. The van der Waals surface area contributed by atoms with Crippen molar-refractivity contribution in [3.63, 3.8) is 0 Å². The molecule has 0 bridgehead atoms. The Morgan fingerprint density at radius 2 is 2.11 bits per heavy atom. The second kappa shape index (κ2) is 5.42. The van der Waals surface area contributed by atoms with Crippen molar-refractivity contribution in [1.29, 1.82) is 0 Å². The first-order valence-electron chi connectivity index (χ1n) is 6.47. The summed E-state index contributed by atoms with van der Waals surface area (Å²) in [5, 5.41) is 1.68. The van der Waals surface area contributed by atoms with E-state index in [1.165, 1.54) is 6.26 Å². The maximum atomic E-state index is 11.9. The Balaban J connectivity index is 2.13. The van der Waals surface area contributed by atoms with Crippen LogP contribution in [-0.2, 0) is 14.6 Å². The van der Waals surface area contributed by atoms with Crippen molar-refractivity contribution in [2.24, 2.45) is 5.73 Å². The molecule has 106 valence electrons. The predicted molar refractivity (Wildman–Crippen MR) is 69.8 cm³/mol. The molecule has 3 N–H and O–H groups in total. The van der Waals surface area contributed by atoms with E-state index in [2.05, 4.69) is 10.4 Å². The lowest BCUT2D eigenvalue weighted by atomic mass is 9.98. The van der Waals surface area contributed by atoms with E-state index in [9.17, 15) is 8.42 Å².